The van der Waals surface area contributed by atoms with Crippen molar-refractivity contribution in [2.75, 3.05) is 44.3 Å². The van der Waals surface area contributed by atoms with Crippen LogP contribution in [0.15, 0.2) is 42.5 Å². The second-order valence-electron chi connectivity index (χ2n) is 6.51. The van der Waals surface area contributed by atoms with Gasteiger partial charge in [0.15, 0.2) is 10.9 Å². The van der Waals surface area contributed by atoms with Gasteiger partial charge in [-0.15, -0.1) is 0 Å². The van der Waals surface area contributed by atoms with E-state index in [0.29, 0.717) is 41.7 Å². The predicted octanol–water partition coefficient (Wildman–Crippen LogP) is 3.55. The molecule has 1 aromatic heterocycles. The van der Waals surface area contributed by atoms with E-state index in [1.807, 2.05) is 6.07 Å². The first kappa shape index (κ1) is 18.9. The largest absolute Gasteiger partial charge is 0.379 e. The molecule has 1 saturated heterocycles. The van der Waals surface area contributed by atoms with Crippen molar-refractivity contribution in [3.63, 3.8) is 0 Å². The van der Waals surface area contributed by atoms with Crippen LogP contribution in [0.3, 0.4) is 0 Å². The molecular weight excluding hydrogens is 384 g/mol. The molecular formula is C20H19F2N3O2S. The van der Waals surface area contributed by atoms with Crippen molar-refractivity contribution in [3.8, 4) is 0 Å². The number of aromatic nitrogens is 1. The lowest BCUT2D eigenvalue weighted by Gasteiger charge is -2.29. The van der Waals surface area contributed by atoms with Crippen molar-refractivity contribution in [1.82, 2.24) is 9.88 Å². The molecule has 0 N–H and O–H groups in total. The number of thiazole rings is 1. The van der Waals surface area contributed by atoms with E-state index in [9.17, 15) is 13.6 Å². The molecule has 1 fully saturated rings. The Morgan fingerprint density at radius 3 is 2.68 bits per heavy atom. The summed E-state index contributed by atoms with van der Waals surface area (Å²) in [6, 6.07) is 10.9. The molecule has 0 radical (unpaired) electrons. The number of amides is 1. The second kappa shape index (κ2) is 8.30. The van der Waals surface area contributed by atoms with E-state index < -0.39 is 11.6 Å². The lowest BCUT2D eigenvalue weighted by molar-refractivity contribution is 0.0391. The average molecular weight is 403 g/mol. The molecule has 8 heteroatoms. The zero-order chi connectivity index (χ0) is 19.5. The van der Waals surface area contributed by atoms with Gasteiger partial charge in [-0.3, -0.25) is 14.6 Å². The Balaban J connectivity index is 1.65. The van der Waals surface area contributed by atoms with Crippen molar-refractivity contribution in [1.29, 1.82) is 0 Å². The van der Waals surface area contributed by atoms with Crippen molar-refractivity contribution in [2.24, 2.45) is 0 Å². The Bertz CT molecular complexity index is 974. The first-order valence-electron chi connectivity index (χ1n) is 9.04. The lowest BCUT2D eigenvalue weighted by Crippen LogP contribution is -2.43. The average Bonchev–Trinajstić information content (AvgIpc) is 3.13. The van der Waals surface area contributed by atoms with E-state index in [1.165, 1.54) is 6.07 Å². The zero-order valence-corrected chi connectivity index (χ0v) is 15.9. The van der Waals surface area contributed by atoms with Crippen molar-refractivity contribution in [3.05, 3.63) is 59.7 Å². The molecule has 5 nitrogen and oxygen atoms in total. The number of hydrogen-bond acceptors (Lipinski definition) is 5. The van der Waals surface area contributed by atoms with Crippen LogP contribution in [0, 0.1) is 11.6 Å². The van der Waals surface area contributed by atoms with E-state index >= 15 is 0 Å². The number of hydrogen-bond donors (Lipinski definition) is 0. The van der Waals surface area contributed by atoms with Crippen molar-refractivity contribution in [2.45, 2.75) is 0 Å². The molecule has 1 aliphatic heterocycles. The summed E-state index contributed by atoms with van der Waals surface area (Å²) < 4.78 is 33.4. The first-order valence-corrected chi connectivity index (χ1v) is 9.86. The third-order valence-electron chi connectivity index (χ3n) is 4.64. The van der Waals surface area contributed by atoms with Crippen LogP contribution in [0.4, 0.5) is 13.9 Å². The van der Waals surface area contributed by atoms with Gasteiger partial charge < -0.3 is 4.74 Å². The molecule has 1 amide bonds. The van der Waals surface area contributed by atoms with Crippen LogP contribution >= 0.6 is 11.3 Å². The zero-order valence-electron chi connectivity index (χ0n) is 15.1. The summed E-state index contributed by atoms with van der Waals surface area (Å²) in [4.78, 5) is 21.2. The summed E-state index contributed by atoms with van der Waals surface area (Å²) in [5.74, 6) is -1.60. The summed E-state index contributed by atoms with van der Waals surface area (Å²) in [5, 5.41) is 0.363. The highest BCUT2D eigenvalue weighted by atomic mass is 32.1. The number of morpholine rings is 1. The maximum atomic E-state index is 14.1. The van der Waals surface area contributed by atoms with Gasteiger partial charge in [-0.2, -0.15) is 0 Å². The van der Waals surface area contributed by atoms with Crippen LogP contribution in [0.1, 0.15) is 10.4 Å². The van der Waals surface area contributed by atoms with E-state index in [1.54, 1.807) is 29.2 Å². The van der Waals surface area contributed by atoms with Crippen LogP contribution in [-0.2, 0) is 4.74 Å². The minimum Gasteiger partial charge on any atom is -0.379 e. The number of nitrogens with zero attached hydrogens (tertiary/aromatic N) is 3. The summed E-state index contributed by atoms with van der Waals surface area (Å²) in [5.41, 5.74) is 0.606. The monoisotopic (exact) mass is 403 g/mol. The lowest BCUT2D eigenvalue weighted by atomic mass is 10.2. The highest BCUT2D eigenvalue weighted by Gasteiger charge is 2.23. The molecule has 146 valence electrons. The van der Waals surface area contributed by atoms with Gasteiger partial charge in [0.25, 0.3) is 5.91 Å². The predicted molar refractivity (Wildman–Crippen MR) is 105 cm³/mol. The third kappa shape index (κ3) is 4.04. The third-order valence-corrected chi connectivity index (χ3v) is 5.67. The molecule has 0 bridgehead atoms. The number of rotatable bonds is 5. The highest BCUT2D eigenvalue weighted by molar-refractivity contribution is 7.22. The quantitative estimate of drug-likeness (QED) is 0.654. The fourth-order valence-corrected chi connectivity index (χ4v) is 4.18. The topological polar surface area (TPSA) is 45.7 Å². The summed E-state index contributed by atoms with van der Waals surface area (Å²) in [7, 11) is 0. The molecule has 0 spiro atoms. The fraction of sp³-hybridized carbons (Fsp3) is 0.300. The minimum atomic E-state index is -0.724. The molecule has 0 unspecified atom stereocenters. The van der Waals surface area contributed by atoms with E-state index in [2.05, 4.69) is 9.88 Å². The summed E-state index contributed by atoms with van der Waals surface area (Å²) >= 11 is 1.11. The summed E-state index contributed by atoms with van der Waals surface area (Å²) in [6.07, 6.45) is 0. The molecule has 3 aromatic rings. The molecule has 4 rings (SSSR count). The van der Waals surface area contributed by atoms with Gasteiger partial charge in [0.2, 0.25) is 0 Å². The maximum absolute atomic E-state index is 14.1. The van der Waals surface area contributed by atoms with Crippen LogP contribution in [-0.4, -0.2) is 55.2 Å². The van der Waals surface area contributed by atoms with Gasteiger partial charge >= 0.3 is 0 Å². The van der Waals surface area contributed by atoms with Gasteiger partial charge in [-0.25, -0.2) is 13.8 Å². The van der Waals surface area contributed by atoms with Crippen LogP contribution in [0.5, 0.6) is 0 Å². The first-order chi connectivity index (χ1) is 13.6. The Morgan fingerprint density at radius 2 is 1.93 bits per heavy atom. The number of fused-ring (bicyclic) bond motifs is 1. The van der Waals surface area contributed by atoms with Crippen molar-refractivity contribution < 1.29 is 18.3 Å². The summed E-state index contributed by atoms with van der Waals surface area (Å²) in [6.45, 7) is 3.98. The van der Waals surface area contributed by atoms with E-state index in [0.717, 1.165) is 30.5 Å². The molecule has 0 atom stereocenters. The Morgan fingerprint density at radius 1 is 1.18 bits per heavy atom. The Labute approximate surface area is 165 Å². The minimum absolute atomic E-state index is 0.0821. The highest BCUT2D eigenvalue weighted by Crippen LogP contribution is 2.32. The van der Waals surface area contributed by atoms with E-state index in [4.69, 9.17) is 4.74 Å². The maximum Gasteiger partial charge on any atom is 0.260 e. The fourth-order valence-electron chi connectivity index (χ4n) is 3.15. The number of carbonyl (C=O) groups excluding carboxylic acids is 1. The standard InChI is InChI=1S/C20H19F2N3O2S/c21-15-12-16(22)18-17(13-15)28-20(23-18)25(7-6-24-8-10-27-11-9-24)19(26)14-4-2-1-3-5-14/h1-5,12-13H,6-11H2. The van der Waals surface area contributed by atoms with Gasteiger partial charge in [-0.1, -0.05) is 29.5 Å². The van der Waals surface area contributed by atoms with Crippen LogP contribution in [0.2, 0.25) is 0 Å². The molecule has 1 aliphatic rings. The molecule has 0 saturated carbocycles. The number of anilines is 1. The SMILES string of the molecule is O=C(c1ccccc1)N(CCN1CCOCC1)c1nc2c(F)cc(F)cc2s1. The normalized spacial score (nSPS) is 15.1. The molecule has 2 aromatic carbocycles. The molecule has 0 aliphatic carbocycles. The van der Waals surface area contributed by atoms with Crippen molar-refractivity contribution >= 4 is 32.6 Å². The number of carbonyl (C=O) groups is 1. The van der Waals surface area contributed by atoms with Crippen LogP contribution in [0.25, 0.3) is 10.2 Å². The smallest absolute Gasteiger partial charge is 0.260 e. The Hall–Kier alpha value is -2.42. The van der Waals surface area contributed by atoms with Gasteiger partial charge in [0, 0.05) is 37.8 Å². The number of benzene rings is 2. The Kier molecular flexibility index (Phi) is 5.61. The molecule has 2 heterocycles. The molecule has 28 heavy (non-hydrogen) atoms. The van der Waals surface area contributed by atoms with Gasteiger partial charge in [0.05, 0.1) is 17.9 Å². The van der Waals surface area contributed by atoms with Crippen LogP contribution < -0.4 is 4.90 Å². The van der Waals surface area contributed by atoms with E-state index in [-0.39, 0.29) is 11.4 Å². The second-order valence-corrected chi connectivity index (χ2v) is 7.52. The van der Waals surface area contributed by atoms with Gasteiger partial charge in [0.1, 0.15) is 11.3 Å². The number of ether oxygens (including phenoxy) is 1. The number of halogens is 2. The van der Waals surface area contributed by atoms with Gasteiger partial charge in [-0.05, 0) is 18.2 Å².